The molecular formula is C57H52N2S2. The molecule has 10 rings (SSSR count). The number of hydrogen-bond donors (Lipinski definition) is 0. The zero-order valence-electron chi connectivity index (χ0n) is 35.3. The summed E-state index contributed by atoms with van der Waals surface area (Å²) in [5, 5.41) is 2.53. The summed E-state index contributed by atoms with van der Waals surface area (Å²) in [6, 6.07) is 85.0. The molecule has 2 aromatic heterocycles. The Kier molecular flexibility index (Phi) is 11.1. The van der Waals surface area contributed by atoms with Crippen LogP contribution in [0.15, 0.2) is 272 Å². The van der Waals surface area contributed by atoms with E-state index < -0.39 is 25.8 Å². The molecule has 0 bridgehead atoms. The fourth-order valence-corrected chi connectivity index (χ4v) is 16.8. The molecule has 2 nitrogen and oxygen atoms in total. The largest absolute Gasteiger partial charge is 0.297 e. The molecule has 0 spiro atoms. The van der Waals surface area contributed by atoms with Gasteiger partial charge >= 0.3 is 0 Å². The van der Waals surface area contributed by atoms with E-state index in [4.69, 9.17) is 0 Å². The van der Waals surface area contributed by atoms with Gasteiger partial charge in [0.15, 0.2) is 0 Å². The lowest BCUT2D eigenvalue weighted by atomic mass is 9.78. The lowest BCUT2D eigenvalue weighted by Gasteiger charge is -2.43. The first kappa shape index (κ1) is 40.0. The number of hydrogen-bond acceptors (Lipinski definition) is 0. The van der Waals surface area contributed by atoms with Crippen molar-refractivity contribution in [3.8, 4) is 0 Å². The highest BCUT2D eigenvalue weighted by Gasteiger charge is 2.40. The van der Waals surface area contributed by atoms with Gasteiger partial charge in [0, 0.05) is 58.0 Å². The van der Waals surface area contributed by atoms with Crippen molar-refractivity contribution in [2.24, 2.45) is 0 Å². The van der Waals surface area contributed by atoms with Gasteiger partial charge in [-0.3, -0.25) is 7.94 Å². The van der Waals surface area contributed by atoms with E-state index in [-0.39, 0.29) is 0 Å². The summed E-state index contributed by atoms with van der Waals surface area (Å²) < 4.78 is 5.29. The molecule has 0 saturated carbocycles. The second-order valence-electron chi connectivity index (χ2n) is 15.4. The molecule has 0 aliphatic rings. The van der Waals surface area contributed by atoms with Crippen LogP contribution in [0.1, 0.15) is 38.8 Å². The van der Waals surface area contributed by atoms with E-state index in [1.54, 1.807) is 0 Å². The number of fused-ring (bicyclic) bond motifs is 2. The molecular weight excluding hydrogens is 777 g/mol. The standard InChI is InChI=1S/C55H46N2S2.C2H6/c1-55(2,51-41-56(53-39-23-21-37-49(51)53)58(43-25-9-3-10-26-43,44-27-11-4-12-28-44)45-29-13-5-14-30-45)52-42-57(54-40-24-22-38-50(52)54)59(46-31-15-6-16-32-46,47-33-17-7-18-34-47)48-35-19-8-20-36-48;1-2/h3-42H,1-2H3;1-2H3. The molecule has 0 aliphatic heterocycles. The predicted octanol–water partition coefficient (Wildman–Crippen LogP) is 16.4. The minimum atomic E-state index is -2.01. The third-order valence-corrected chi connectivity index (χ3v) is 19.3. The van der Waals surface area contributed by atoms with Crippen LogP contribution in [0, 0.1) is 0 Å². The summed E-state index contributed by atoms with van der Waals surface area (Å²) >= 11 is 0. The number of benzene rings is 8. The van der Waals surface area contributed by atoms with Crippen LogP contribution in [0.2, 0.25) is 0 Å². The van der Waals surface area contributed by atoms with Crippen LogP contribution in [-0.2, 0) is 5.41 Å². The van der Waals surface area contributed by atoms with Gasteiger partial charge in [-0.2, -0.15) is 0 Å². The van der Waals surface area contributed by atoms with Gasteiger partial charge in [-0.25, -0.2) is 0 Å². The second-order valence-corrected chi connectivity index (χ2v) is 21.4. The average molecular weight is 829 g/mol. The summed E-state index contributed by atoms with van der Waals surface area (Å²) in [6.07, 6.45) is 5.01. The third-order valence-electron chi connectivity index (χ3n) is 11.8. The Morgan fingerprint density at radius 1 is 0.295 bits per heavy atom. The zero-order chi connectivity index (χ0) is 41.9. The summed E-state index contributed by atoms with van der Waals surface area (Å²) in [6.45, 7) is 8.86. The summed E-state index contributed by atoms with van der Waals surface area (Å²) in [5.41, 5.74) is 4.64. The average Bonchev–Trinajstić information content (AvgIpc) is 3.94. The van der Waals surface area contributed by atoms with E-state index in [2.05, 4.69) is 265 Å². The molecule has 4 heteroatoms. The maximum atomic E-state index is 2.64. The van der Waals surface area contributed by atoms with Crippen LogP contribution in [0.4, 0.5) is 0 Å². The van der Waals surface area contributed by atoms with E-state index in [9.17, 15) is 0 Å². The van der Waals surface area contributed by atoms with Gasteiger partial charge in [0.2, 0.25) is 0 Å². The number of nitrogens with zero attached hydrogens (tertiary/aromatic N) is 2. The molecule has 8 aromatic carbocycles. The summed E-state index contributed by atoms with van der Waals surface area (Å²) in [7, 11) is -4.03. The number of aromatic nitrogens is 2. The van der Waals surface area contributed by atoms with Crippen molar-refractivity contribution in [1.29, 1.82) is 0 Å². The Morgan fingerprint density at radius 2 is 0.508 bits per heavy atom. The van der Waals surface area contributed by atoms with Crippen molar-refractivity contribution in [1.82, 2.24) is 7.94 Å². The normalized spacial score (nSPS) is 12.5. The highest BCUT2D eigenvalue weighted by Crippen LogP contribution is 2.72. The highest BCUT2D eigenvalue weighted by molar-refractivity contribution is 8.33. The van der Waals surface area contributed by atoms with Crippen LogP contribution >= 0.6 is 20.4 Å². The van der Waals surface area contributed by atoms with Crippen molar-refractivity contribution in [2.45, 2.75) is 62.5 Å². The molecule has 0 fully saturated rings. The molecule has 0 atom stereocenters. The first-order valence-corrected chi connectivity index (χ1v) is 24.4. The van der Waals surface area contributed by atoms with Gasteiger partial charge in [0.25, 0.3) is 0 Å². The van der Waals surface area contributed by atoms with Crippen LogP contribution in [0.25, 0.3) is 21.8 Å². The minimum Gasteiger partial charge on any atom is -0.297 e. The van der Waals surface area contributed by atoms with Gasteiger partial charge in [-0.05, 0) is 96.1 Å². The van der Waals surface area contributed by atoms with E-state index >= 15 is 0 Å². The highest BCUT2D eigenvalue weighted by atomic mass is 32.3. The monoisotopic (exact) mass is 828 g/mol. The smallest absolute Gasteiger partial charge is 0.0588 e. The van der Waals surface area contributed by atoms with Crippen molar-refractivity contribution >= 4 is 42.2 Å². The maximum Gasteiger partial charge on any atom is 0.0588 e. The first-order valence-electron chi connectivity index (χ1n) is 21.2. The molecule has 302 valence electrons. The summed E-state index contributed by atoms with van der Waals surface area (Å²) in [5.74, 6) is 0. The van der Waals surface area contributed by atoms with E-state index in [1.165, 1.54) is 62.3 Å². The second kappa shape index (κ2) is 16.9. The Balaban J connectivity index is 0.00000235. The fourth-order valence-electron chi connectivity index (χ4n) is 9.10. The number of rotatable bonds is 10. The van der Waals surface area contributed by atoms with E-state index in [0.717, 1.165) is 0 Å². The van der Waals surface area contributed by atoms with Crippen molar-refractivity contribution < 1.29 is 0 Å². The molecule has 2 heterocycles. The molecule has 0 N–H and O–H groups in total. The van der Waals surface area contributed by atoms with Crippen molar-refractivity contribution in [2.75, 3.05) is 0 Å². The van der Waals surface area contributed by atoms with Gasteiger partial charge in [0.1, 0.15) is 0 Å². The zero-order valence-corrected chi connectivity index (χ0v) is 36.9. The summed E-state index contributed by atoms with van der Waals surface area (Å²) in [4.78, 5) is 7.76. The molecule has 0 aliphatic carbocycles. The lowest BCUT2D eigenvalue weighted by Crippen LogP contribution is -2.19. The molecule has 0 saturated heterocycles. The Morgan fingerprint density at radius 3 is 0.754 bits per heavy atom. The SMILES string of the molecule is CC.CC(C)(c1cn(S(c2ccccc2)(c2ccccc2)c2ccccc2)c2ccccc12)c1cn(S(c2ccccc2)(c2ccccc2)c2ccccc2)c2ccccc12. The number of para-hydroxylation sites is 2. The Labute approximate surface area is 364 Å². The first-order chi connectivity index (χ1) is 30.1. The maximum absolute atomic E-state index is 2.64. The quantitative estimate of drug-likeness (QED) is 0.130. The lowest BCUT2D eigenvalue weighted by molar-refractivity contribution is 0.651. The molecule has 0 radical (unpaired) electrons. The molecule has 0 unspecified atom stereocenters. The van der Waals surface area contributed by atoms with E-state index in [0.29, 0.717) is 0 Å². The van der Waals surface area contributed by atoms with Crippen molar-refractivity contribution in [3.05, 3.63) is 254 Å². The van der Waals surface area contributed by atoms with Crippen LogP contribution in [-0.4, -0.2) is 7.94 Å². The topological polar surface area (TPSA) is 9.86 Å². The van der Waals surface area contributed by atoms with Gasteiger partial charge in [-0.1, -0.05) is 194 Å². The van der Waals surface area contributed by atoms with Gasteiger partial charge in [-0.15, -0.1) is 0 Å². The van der Waals surface area contributed by atoms with Crippen LogP contribution < -0.4 is 0 Å². The van der Waals surface area contributed by atoms with Crippen LogP contribution in [0.5, 0.6) is 0 Å². The van der Waals surface area contributed by atoms with E-state index in [1.807, 2.05) is 13.8 Å². The Hall–Kier alpha value is -6.46. The molecule has 10 aromatic rings. The van der Waals surface area contributed by atoms with Crippen LogP contribution in [0.3, 0.4) is 0 Å². The molecule has 61 heavy (non-hydrogen) atoms. The minimum absolute atomic E-state index is 0.416. The predicted molar refractivity (Wildman–Crippen MR) is 262 cm³/mol. The fraction of sp³-hybridized carbons (Fsp3) is 0.0877. The third kappa shape index (κ3) is 6.53. The van der Waals surface area contributed by atoms with Gasteiger partial charge in [0.05, 0.1) is 11.0 Å². The van der Waals surface area contributed by atoms with Gasteiger partial charge < -0.3 is 0 Å². The molecule has 0 amide bonds. The van der Waals surface area contributed by atoms with Crippen molar-refractivity contribution in [3.63, 3.8) is 0 Å². The Bertz CT molecular complexity index is 2590.